The van der Waals surface area contributed by atoms with Crippen LogP contribution in [-0.4, -0.2) is 55.1 Å². The van der Waals surface area contributed by atoms with Crippen molar-refractivity contribution in [2.45, 2.75) is 13.5 Å². The number of rotatable bonds is 8. The van der Waals surface area contributed by atoms with Gasteiger partial charge in [0.1, 0.15) is 0 Å². The van der Waals surface area contributed by atoms with E-state index in [1.165, 1.54) is 23.1 Å². The topological polar surface area (TPSA) is 119 Å². The maximum atomic E-state index is 13.0. The third-order valence-corrected chi connectivity index (χ3v) is 7.15. The van der Waals surface area contributed by atoms with Gasteiger partial charge in [0.2, 0.25) is 0 Å². The van der Waals surface area contributed by atoms with Crippen molar-refractivity contribution in [2.75, 3.05) is 19.0 Å². The van der Waals surface area contributed by atoms with E-state index >= 15 is 0 Å². The predicted molar refractivity (Wildman–Crippen MR) is 124 cm³/mol. The van der Waals surface area contributed by atoms with E-state index < -0.39 is 5.91 Å². The number of carbonyl (C=O) groups is 2. The van der Waals surface area contributed by atoms with Gasteiger partial charge in [-0.1, -0.05) is 23.1 Å². The molecule has 0 saturated carbocycles. The summed E-state index contributed by atoms with van der Waals surface area (Å²) in [6.45, 7) is 2.26. The second-order valence-corrected chi connectivity index (χ2v) is 9.02. The molecule has 3 N–H and O–H groups in total. The number of aliphatic hydroxyl groups is 1. The van der Waals surface area contributed by atoms with Gasteiger partial charge in [-0.2, -0.15) is 5.10 Å². The molecule has 4 rings (SSSR count). The molecule has 1 aliphatic heterocycles. The number of aromatic nitrogens is 3. The molecule has 0 unspecified atom stereocenters. The fourth-order valence-corrected chi connectivity index (χ4v) is 5.22. The normalized spacial score (nSPS) is 14.1. The number of hydrogen-bond acceptors (Lipinski definition) is 8. The number of Topliss-reactive ketones (excluding diaryl/α,β-unsaturated/α-hetero) is 1. The number of hydrogen-bond donors (Lipinski definition) is 2. The van der Waals surface area contributed by atoms with E-state index in [2.05, 4.69) is 5.10 Å². The molecule has 0 saturated heterocycles. The maximum absolute atomic E-state index is 13.0. The number of aliphatic hydroxyl groups excluding tert-OH is 1. The minimum atomic E-state index is -0.488. The molecule has 0 bridgehead atoms. The van der Waals surface area contributed by atoms with E-state index in [4.69, 9.17) is 10.7 Å². The summed E-state index contributed by atoms with van der Waals surface area (Å²) in [5.41, 5.74) is 7.72. The van der Waals surface area contributed by atoms with Crippen molar-refractivity contribution in [2.24, 2.45) is 10.7 Å². The molecule has 0 aliphatic carbocycles. The maximum Gasteiger partial charge on any atom is 0.256 e. The number of nitrogens with zero attached hydrogens (tertiary/aromatic N) is 5. The van der Waals surface area contributed by atoms with E-state index in [-0.39, 0.29) is 18.9 Å². The van der Waals surface area contributed by atoms with Gasteiger partial charge in [-0.3, -0.25) is 9.59 Å². The quantitative estimate of drug-likeness (QED) is 0.485. The molecule has 0 fully saturated rings. The molecule has 1 amide bonds. The van der Waals surface area contributed by atoms with Crippen LogP contribution >= 0.6 is 23.1 Å². The number of benzene rings is 1. The highest BCUT2D eigenvalue weighted by Gasteiger charge is 2.22. The third-order valence-electron chi connectivity index (χ3n) is 4.85. The van der Waals surface area contributed by atoms with Gasteiger partial charge in [0, 0.05) is 30.8 Å². The average molecular weight is 471 g/mol. The lowest BCUT2D eigenvalue weighted by molar-refractivity contribution is -0.113. The summed E-state index contributed by atoms with van der Waals surface area (Å²) >= 11 is 2.61. The van der Waals surface area contributed by atoms with Crippen LogP contribution in [0.4, 0.5) is 5.69 Å². The fourth-order valence-electron chi connectivity index (χ4n) is 3.28. The molecule has 166 valence electrons. The first-order valence-electron chi connectivity index (χ1n) is 9.84. The SMILES string of the molecule is Cc1c(C(=O)CN2C=C(C(N)=O)SC2)sc(=Nc2ccc(-n3cccn3)cc2)n1CCO. The van der Waals surface area contributed by atoms with Crippen LogP contribution < -0.4 is 10.5 Å². The number of amides is 1. The predicted octanol–water partition coefficient (Wildman–Crippen LogP) is 1.78. The summed E-state index contributed by atoms with van der Waals surface area (Å²) in [4.78, 5) is 32.4. The molecule has 0 radical (unpaired) electrons. The number of thioether (sulfide) groups is 1. The smallest absolute Gasteiger partial charge is 0.256 e. The lowest BCUT2D eigenvalue weighted by atomic mass is 10.2. The van der Waals surface area contributed by atoms with Gasteiger partial charge in [0.25, 0.3) is 5.91 Å². The minimum absolute atomic E-state index is 0.0654. The van der Waals surface area contributed by atoms with Gasteiger partial charge >= 0.3 is 0 Å². The first-order chi connectivity index (χ1) is 15.5. The minimum Gasteiger partial charge on any atom is -0.395 e. The van der Waals surface area contributed by atoms with Crippen molar-refractivity contribution in [1.29, 1.82) is 0 Å². The molecule has 2 aromatic heterocycles. The lowest BCUT2D eigenvalue weighted by Gasteiger charge is -2.12. The summed E-state index contributed by atoms with van der Waals surface area (Å²) in [5, 5.41) is 13.7. The Labute approximate surface area is 192 Å². The highest BCUT2D eigenvalue weighted by atomic mass is 32.2. The fraction of sp³-hybridized carbons (Fsp3) is 0.238. The standard InChI is InChI=1S/C21H22N6O3S2/c1-14-19(17(29)11-25-12-18(20(22)30)31-13-25)32-21(26(14)9-10-28)24-15-3-5-16(6-4-15)27-8-2-7-23-27/h2-8,12,28H,9-11,13H2,1H3,(H2,22,30). The zero-order valence-electron chi connectivity index (χ0n) is 17.3. The van der Waals surface area contributed by atoms with E-state index in [0.29, 0.717) is 27.0 Å². The number of thiazole rings is 1. The third kappa shape index (κ3) is 4.69. The summed E-state index contributed by atoms with van der Waals surface area (Å²) < 4.78 is 3.61. The van der Waals surface area contributed by atoms with Crippen molar-refractivity contribution in [3.63, 3.8) is 0 Å². The molecule has 1 aromatic carbocycles. The van der Waals surface area contributed by atoms with Gasteiger partial charge in [0.15, 0.2) is 10.6 Å². The van der Waals surface area contributed by atoms with Crippen molar-refractivity contribution < 1.29 is 14.7 Å². The van der Waals surface area contributed by atoms with Gasteiger partial charge < -0.3 is 20.3 Å². The number of ketones is 1. The Morgan fingerprint density at radius 2 is 2.06 bits per heavy atom. The molecular weight excluding hydrogens is 448 g/mol. The van der Waals surface area contributed by atoms with E-state index in [0.717, 1.165) is 17.1 Å². The highest BCUT2D eigenvalue weighted by Crippen LogP contribution is 2.25. The van der Waals surface area contributed by atoms with Crippen LogP contribution in [0, 0.1) is 6.92 Å². The van der Waals surface area contributed by atoms with Crippen molar-refractivity contribution in [3.8, 4) is 5.69 Å². The molecule has 11 heteroatoms. The Hall–Kier alpha value is -3.15. The van der Waals surface area contributed by atoms with E-state index in [1.807, 2.05) is 48.0 Å². The van der Waals surface area contributed by atoms with Gasteiger partial charge in [-0.25, -0.2) is 9.67 Å². The Balaban J connectivity index is 1.61. The molecule has 0 spiro atoms. The molecule has 32 heavy (non-hydrogen) atoms. The zero-order chi connectivity index (χ0) is 22.7. The second-order valence-electron chi connectivity index (χ2n) is 7.05. The molecule has 9 nitrogen and oxygen atoms in total. The first-order valence-corrected chi connectivity index (χ1v) is 11.6. The van der Waals surface area contributed by atoms with Crippen LogP contribution in [0.1, 0.15) is 15.4 Å². The molecule has 0 atom stereocenters. The number of nitrogens with two attached hydrogens (primary N) is 1. The van der Waals surface area contributed by atoms with Gasteiger partial charge in [-0.05, 0) is 37.3 Å². The number of primary amides is 1. The second kappa shape index (κ2) is 9.55. The Bertz CT molecular complexity index is 1230. The van der Waals surface area contributed by atoms with Crippen LogP contribution in [0.2, 0.25) is 0 Å². The van der Waals surface area contributed by atoms with Crippen molar-refractivity contribution in [1.82, 2.24) is 19.2 Å². The zero-order valence-corrected chi connectivity index (χ0v) is 19.0. The molecule has 3 aromatic rings. The van der Waals surface area contributed by atoms with Crippen molar-refractivity contribution in [3.05, 3.63) is 69.2 Å². The Morgan fingerprint density at radius 1 is 1.28 bits per heavy atom. The van der Waals surface area contributed by atoms with Crippen LogP contribution in [0.15, 0.2) is 58.8 Å². The van der Waals surface area contributed by atoms with Crippen LogP contribution in [0.25, 0.3) is 5.69 Å². The summed E-state index contributed by atoms with van der Waals surface area (Å²) in [6.07, 6.45) is 5.21. The number of carbonyl (C=O) groups excluding carboxylic acids is 2. The summed E-state index contributed by atoms with van der Waals surface area (Å²) in [7, 11) is 0. The monoisotopic (exact) mass is 470 g/mol. The molecule has 3 heterocycles. The highest BCUT2D eigenvalue weighted by molar-refractivity contribution is 8.04. The Kier molecular flexibility index (Phi) is 6.58. The largest absolute Gasteiger partial charge is 0.395 e. The van der Waals surface area contributed by atoms with Crippen LogP contribution in [0.5, 0.6) is 0 Å². The van der Waals surface area contributed by atoms with Gasteiger partial charge in [0.05, 0.1) is 40.2 Å². The van der Waals surface area contributed by atoms with E-state index in [1.54, 1.807) is 22.0 Å². The van der Waals surface area contributed by atoms with Crippen LogP contribution in [0.3, 0.4) is 0 Å². The summed E-state index contributed by atoms with van der Waals surface area (Å²) in [6, 6.07) is 9.46. The molecular formula is C21H22N6O3S2. The van der Waals surface area contributed by atoms with Crippen LogP contribution in [-0.2, 0) is 11.3 Å². The average Bonchev–Trinajstić information content (AvgIpc) is 3.52. The van der Waals surface area contributed by atoms with E-state index in [9.17, 15) is 14.7 Å². The summed E-state index contributed by atoms with van der Waals surface area (Å²) in [5.74, 6) is -0.0554. The molecule has 1 aliphatic rings. The lowest BCUT2D eigenvalue weighted by Crippen LogP contribution is -2.23. The first kappa shape index (κ1) is 22.1. The van der Waals surface area contributed by atoms with Gasteiger partial charge in [-0.15, -0.1) is 0 Å². The van der Waals surface area contributed by atoms with Crippen molar-refractivity contribution >= 4 is 40.5 Å². The Morgan fingerprint density at radius 3 is 2.69 bits per heavy atom.